The van der Waals surface area contributed by atoms with E-state index in [1.54, 1.807) is 18.6 Å². The normalized spacial score (nSPS) is 12.1. The highest BCUT2D eigenvalue weighted by Crippen LogP contribution is 2.21. The summed E-state index contributed by atoms with van der Waals surface area (Å²) in [4.78, 5) is 8.38. The van der Waals surface area contributed by atoms with Crippen LogP contribution in [0, 0.1) is 0 Å². The summed E-state index contributed by atoms with van der Waals surface area (Å²) < 4.78 is 5.95. The summed E-state index contributed by atoms with van der Waals surface area (Å²) in [5, 5.41) is 0. The molecule has 3 heteroatoms. The van der Waals surface area contributed by atoms with Crippen LogP contribution >= 0.6 is 0 Å². The van der Waals surface area contributed by atoms with Gasteiger partial charge in [-0.3, -0.25) is 9.97 Å². The van der Waals surface area contributed by atoms with Crippen LogP contribution in [0.25, 0.3) is 11.3 Å². The fraction of sp³-hybridized carbons (Fsp3) is 0.444. The summed E-state index contributed by atoms with van der Waals surface area (Å²) in [5.41, 5.74) is 1.95. The molecule has 0 amide bonds. The number of rotatable bonds is 8. The van der Waals surface area contributed by atoms with Crippen molar-refractivity contribution in [2.45, 2.75) is 52.1 Å². The van der Waals surface area contributed by atoms with E-state index in [0.29, 0.717) is 0 Å². The van der Waals surface area contributed by atoms with Crippen molar-refractivity contribution in [2.75, 3.05) is 0 Å². The molecule has 0 bridgehead atoms. The first kappa shape index (κ1) is 15.5. The van der Waals surface area contributed by atoms with E-state index in [9.17, 15) is 0 Å². The maximum absolute atomic E-state index is 5.95. The molecular formula is C18H24N2O. The van der Waals surface area contributed by atoms with E-state index in [4.69, 9.17) is 4.74 Å². The Hall–Kier alpha value is -1.90. The lowest BCUT2D eigenvalue weighted by molar-refractivity contribution is 0.206. The molecule has 1 atom stereocenters. The van der Waals surface area contributed by atoms with Gasteiger partial charge in [-0.2, -0.15) is 0 Å². The van der Waals surface area contributed by atoms with Crippen molar-refractivity contribution in [1.29, 1.82) is 0 Å². The van der Waals surface area contributed by atoms with Gasteiger partial charge >= 0.3 is 0 Å². The summed E-state index contributed by atoms with van der Waals surface area (Å²) in [7, 11) is 0. The summed E-state index contributed by atoms with van der Waals surface area (Å²) in [6.45, 7) is 4.38. The fourth-order valence-electron chi connectivity index (χ4n) is 2.30. The van der Waals surface area contributed by atoms with Crippen LogP contribution in [0.5, 0.6) is 5.75 Å². The Labute approximate surface area is 127 Å². The molecule has 0 aliphatic rings. The molecule has 0 saturated heterocycles. The molecule has 0 spiro atoms. The highest BCUT2D eigenvalue weighted by Gasteiger charge is 2.05. The maximum Gasteiger partial charge on any atom is 0.119 e. The van der Waals surface area contributed by atoms with Crippen LogP contribution in [-0.2, 0) is 0 Å². The van der Waals surface area contributed by atoms with Gasteiger partial charge in [-0.1, -0.05) is 26.2 Å². The quantitative estimate of drug-likeness (QED) is 0.648. The van der Waals surface area contributed by atoms with Crippen LogP contribution in [0.4, 0.5) is 0 Å². The van der Waals surface area contributed by atoms with E-state index in [-0.39, 0.29) is 6.10 Å². The summed E-state index contributed by atoms with van der Waals surface area (Å²) >= 11 is 0. The lowest BCUT2D eigenvalue weighted by atomic mass is 10.1. The van der Waals surface area contributed by atoms with E-state index in [2.05, 4.69) is 23.8 Å². The largest absolute Gasteiger partial charge is 0.491 e. The Morgan fingerprint density at radius 2 is 1.86 bits per heavy atom. The van der Waals surface area contributed by atoms with Gasteiger partial charge < -0.3 is 4.74 Å². The highest BCUT2D eigenvalue weighted by molar-refractivity contribution is 5.58. The van der Waals surface area contributed by atoms with Gasteiger partial charge in [0.05, 0.1) is 18.0 Å². The van der Waals surface area contributed by atoms with Gasteiger partial charge in [-0.25, -0.2) is 0 Å². The average Bonchev–Trinajstić information content (AvgIpc) is 2.53. The summed E-state index contributed by atoms with van der Waals surface area (Å²) in [5.74, 6) is 0.922. The zero-order valence-corrected chi connectivity index (χ0v) is 13.0. The first-order chi connectivity index (χ1) is 10.3. The van der Waals surface area contributed by atoms with Crippen molar-refractivity contribution in [3.05, 3.63) is 42.9 Å². The third kappa shape index (κ3) is 5.18. The third-order valence-electron chi connectivity index (χ3n) is 3.51. The molecule has 2 aromatic rings. The summed E-state index contributed by atoms with van der Waals surface area (Å²) in [6.07, 6.45) is 11.7. The molecule has 0 radical (unpaired) electrons. The van der Waals surface area contributed by atoms with Gasteiger partial charge in [0.1, 0.15) is 5.75 Å². The molecule has 3 nitrogen and oxygen atoms in total. The molecule has 0 fully saturated rings. The van der Waals surface area contributed by atoms with Crippen molar-refractivity contribution in [2.24, 2.45) is 0 Å². The first-order valence-corrected chi connectivity index (χ1v) is 7.82. The molecule has 0 aliphatic heterocycles. The topological polar surface area (TPSA) is 35.0 Å². The lowest BCUT2D eigenvalue weighted by Gasteiger charge is -2.14. The number of unbranched alkanes of at least 4 members (excludes halogenated alkanes) is 3. The van der Waals surface area contributed by atoms with Crippen LogP contribution in [-0.4, -0.2) is 16.1 Å². The molecule has 0 N–H and O–H groups in total. The third-order valence-corrected chi connectivity index (χ3v) is 3.51. The van der Waals surface area contributed by atoms with Gasteiger partial charge in [0, 0.05) is 18.0 Å². The number of benzene rings is 1. The van der Waals surface area contributed by atoms with Gasteiger partial charge in [-0.05, 0) is 44.0 Å². The van der Waals surface area contributed by atoms with Crippen molar-refractivity contribution in [3.63, 3.8) is 0 Å². The van der Waals surface area contributed by atoms with Crippen molar-refractivity contribution in [3.8, 4) is 17.0 Å². The zero-order chi connectivity index (χ0) is 14.9. The van der Waals surface area contributed by atoms with E-state index in [1.807, 2.05) is 24.3 Å². The Balaban J connectivity index is 1.85. The zero-order valence-electron chi connectivity index (χ0n) is 13.0. The molecular weight excluding hydrogens is 260 g/mol. The van der Waals surface area contributed by atoms with E-state index >= 15 is 0 Å². The van der Waals surface area contributed by atoms with Crippen LogP contribution in [0.1, 0.15) is 46.0 Å². The first-order valence-electron chi connectivity index (χ1n) is 7.82. The molecule has 112 valence electrons. The van der Waals surface area contributed by atoms with Gasteiger partial charge in [0.2, 0.25) is 0 Å². The number of hydrogen-bond donors (Lipinski definition) is 0. The number of nitrogens with zero attached hydrogens (tertiary/aromatic N) is 2. The lowest BCUT2D eigenvalue weighted by Crippen LogP contribution is -2.11. The van der Waals surface area contributed by atoms with E-state index in [0.717, 1.165) is 23.4 Å². The maximum atomic E-state index is 5.95. The molecule has 21 heavy (non-hydrogen) atoms. The minimum absolute atomic E-state index is 0.268. The Morgan fingerprint density at radius 3 is 2.52 bits per heavy atom. The molecule has 0 aliphatic carbocycles. The molecule has 1 heterocycles. The average molecular weight is 284 g/mol. The Kier molecular flexibility index (Phi) is 6.20. The second-order valence-corrected chi connectivity index (χ2v) is 5.39. The fourth-order valence-corrected chi connectivity index (χ4v) is 2.30. The van der Waals surface area contributed by atoms with Crippen LogP contribution in [0.15, 0.2) is 42.9 Å². The van der Waals surface area contributed by atoms with Crippen molar-refractivity contribution < 1.29 is 4.74 Å². The molecule has 1 aromatic carbocycles. The molecule has 2 rings (SSSR count). The van der Waals surface area contributed by atoms with E-state index < -0.39 is 0 Å². The Bertz CT molecular complexity index is 511. The predicted octanol–water partition coefficient (Wildman–Crippen LogP) is 4.88. The Morgan fingerprint density at radius 1 is 1.05 bits per heavy atom. The monoisotopic (exact) mass is 284 g/mol. The highest BCUT2D eigenvalue weighted by atomic mass is 16.5. The minimum atomic E-state index is 0.268. The minimum Gasteiger partial charge on any atom is -0.491 e. The smallest absolute Gasteiger partial charge is 0.119 e. The summed E-state index contributed by atoms with van der Waals surface area (Å²) in [6, 6.07) is 8.07. The predicted molar refractivity (Wildman–Crippen MR) is 86.3 cm³/mol. The van der Waals surface area contributed by atoms with E-state index in [1.165, 1.54) is 25.7 Å². The van der Waals surface area contributed by atoms with Crippen LogP contribution < -0.4 is 4.74 Å². The van der Waals surface area contributed by atoms with Crippen LogP contribution in [0.2, 0.25) is 0 Å². The SMILES string of the molecule is CCCCCCC(C)Oc1ccc(-c2cnccn2)cc1. The molecule has 1 aromatic heterocycles. The second kappa shape index (κ2) is 8.40. The molecule has 1 unspecified atom stereocenters. The second-order valence-electron chi connectivity index (χ2n) is 5.39. The van der Waals surface area contributed by atoms with Gasteiger partial charge in [0.25, 0.3) is 0 Å². The van der Waals surface area contributed by atoms with Gasteiger partial charge in [0.15, 0.2) is 0 Å². The standard InChI is InChI=1S/C18H24N2O/c1-3-4-5-6-7-15(2)21-17-10-8-16(9-11-17)18-14-19-12-13-20-18/h8-15H,3-7H2,1-2H3. The number of hydrogen-bond acceptors (Lipinski definition) is 3. The van der Waals surface area contributed by atoms with Crippen LogP contribution in [0.3, 0.4) is 0 Å². The molecule has 0 saturated carbocycles. The van der Waals surface area contributed by atoms with Crippen molar-refractivity contribution >= 4 is 0 Å². The van der Waals surface area contributed by atoms with Gasteiger partial charge in [-0.15, -0.1) is 0 Å². The number of ether oxygens (including phenoxy) is 1. The van der Waals surface area contributed by atoms with Crippen molar-refractivity contribution in [1.82, 2.24) is 9.97 Å². The number of aromatic nitrogens is 2.